The maximum Gasteiger partial charge on any atom is 0.471 e. The van der Waals surface area contributed by atoms with Gasteiger partial charge in [0.15, 0.2) is 0 Å². The predicted molar refractivity (Wildman–Crippen MR) is 108 cm³/mol. The largest absolute Gasteiger partial charge is 0.471 e. The monoisotopic (exact) mass is 454 g/mol. The van der Waals surface area contributed by atoms with Crippen molar-refractivity contribution in [2.45, 2.75) is 70.1 Å². The zero-order valence-electron chi connectivity index (χ0n) is 17.1. The van der Waals surface area contributed by atoms with Crippen LogP contribution < -0.4 is 11.1 Å². The van der Waals surface area contributed by atoms with Gasteiger partial charge >= 0.3 is 24.0 Å². The highest BCUT2D eigenvalue weighted by Crippen LogP contribution is 2.16. The molecule has 0 rings (SSSR count). The predicted octanol–water partition coefficient (Wildman–Crippen LogP) is 2.13. The lowest BCUT2D eigenvalue weighted by Gasteiger charge is -2.19. The number of carbonyl (C=O) groups excluding carboxylic acids is 3. The van der Waals surface area contributed by atoms with Gasteiger partial charge in [-0.25, -0.2) is 4.79 Å². The third-order valence-corrected chi connectivity index (χ3v) is 3.98. The molecule has 0 aromatic carbocycles. The molecule has 3 N–H and O–H groups in total. The molecule has 0 saturated carbocycles. The van der Waals surface area contributed by atoms with Gasteiger partial charge in [-0.2, -0.15) is 25.8 Å². The molecule has 0 heterocycles. The maximum absolute atomic E-state index is 12.4. The van der Waals surface area contributed by atoms with Crippen LogP contribution in [0.5, 0.6) is 0 Å². The summed E-state index contributed by atoms with van der Waals surface area (Å²) in [7, 11) is 0. The number of thiol groups is 1. The molecule has 172 valence electrons. The third kappa shape index (κ3) is 11.9. The van der Waals surface area contributed by atoms with E-state index in [1.165, 1.54) is 6.92 Å². The Morgan fingerprint density at radius 3 is 2.37 bits per heavy atom. The first kappa shape index (κ1) is 28.1. The molecule has 11 heteroatoms. The molecule has 0 spiro atoms. The molecule has 0 bridgehead atoms. The zero-order chi connectivity index (χ0) is 23.2. The van der Waals surface area contributed by atoms with Crippen LogP contribution >= 0.6 is 12.6 Å². The summed E-state index contributed by atoms with van der Waals surface area (Å²) >= 11 is 3.85. The fraction of sp³-hybridized carbons (Fsp3) is 0.737. The van der Waals surface area contributed by atoms with Gasteiger partial charge in [0.25, 0.3) is 0 Å². The van der Waals surface area contributed by atoms with E-state index in [4.69, 9.17) is 15.2 Å². The van der Waals surface area contributed by atoms with E-state index in [-0.39, 0.29) is 31.8 Å². The van der Waals surface area contributed by atoms with Crippen LogP contribution in [0.1, 0.15) is 52.4 Å². The molecule has 0 radical (unpaired) electrons. The molecule has 30 heavy (non-hydrogen) atoms. The summed E-state index contributed by atoms with van der Waals surface area (Å²) in [5.41, 5.74) is 4.64. The summed E-state index contributed by atoms with van der Waals surface area (Å²) in [6.45, 7) is 3.37. The van der Waals surface area contributed by atoms with Crippen LogP contribution in [-0.2, 0) is 23.9 Å². The van der Waals surface area contributed by atoms with Crippen molar-refractivity contribution in [1.82, 2.24) is 5.32 Å². The first-order valence-electron chi connectivity index (χ1n) is 9.52. The molecule has 0 aliphatic rings. The van der Waals surface area contributed by atoms with Crippen LogP contribution in [0.4, 0.5) is 13.2 Å². The number of ether oxygens (including phenoxy) is 2. The van der Waals surface area contributed by atoms with E-state index in [0.29, 0.717) is 25.7 Å². The van der Waals surface area contributed by atoms with Crippen LogP contribution in [0.3, 0.4) is 0 Å². The molecule has 0 aliphatic carbocycles. The lowest BCUT2D eigenvalue weighted by atomic mass is 10.00. The van der Waals surface area contributed by atoms with E-state index in [0.717, 1.165) is 0 Å². The van der Waals surface area contributed by atoms with Gasteiger partial charge in [-0.15, -0.1) is 11.8 Å². The van der Waals surface area contributed by atoms with Crippen LogP contribution in [0.15, 0.2) is 0 Å². The minimum atomic E-state index is -5.08. The molecule has 0 aromatic heterocycles. The highest BCUT2D eigenvalue weighted by molar-refractivity contribution is 7.80. The number of hydrogen-bond acceptors (Lipinski definition) is 7. The molecule has 0 unspecified atom stereocenters. The van der Waals surface area contributed by atoms with Gasteiger partial charge in [-0.3, -0.25) is 9.59 Å². The summed E-state index contributed by atoms with van der Waals surface area (Å²) in [5, 5.41) is 1.67. The molecule has 0 aliphatic heterocycles. The van der Waals surface area contributed by atoms with Crippen molar-refractivity contribution >= 4 is 30.5 Å². The topological polar surface area (TPSA) is 108 Å². The molecule has 1 amide bonds. The Kier molecular flexibility index (Phi) is 13.2. The fourth-order valence-electron chi connectivity index (χ4n) is 2.18. The van der Waals surface area contributed by atoms with Gasteiger partial charge in [0.05, 0.1) is 6.61 Å². The minimum absolute atomic E-state index is 0.00435. The number of carbonyl (C=O) groups is 3. The van der Waals surface area contributed by atoms with Crippen molar-refractivity contribution < 1.29 is 37.0 Å². The van der Waals surface area contributed by atoms with Crippen LogP contribution in [0.25, 0.3) is 0 Å². The number of nitrogens with one attached hydrogen (secondary N) is 1. The highest BCUT2D eigenvalue weighted by Gasteiger charge is 2.41. The van der Waals surface area contributed by atoms with Gasteiger partial charge in [0, 0.05) is 18.6 Å². The Hall–Kier alpha value is -1.93. The van der Waals surface area contributed by atoms with E-state index in [1.807, 2.05) is 0 Å². The second-order valence-electron chi connectivity index (χ2n) is 6.68. The zero-order valence-corrected chi connectivity index (χ0v) is 18.0. The van der Waals surface area contributed by atoms with Gasteiger partial charge in [-0.05, 0) is 26.7 Å². The van der Waals surface area contributed by atoms with Gasteiger partial charge in [-0.1, -0.05) is 12.8 Å². The normalized spacial score (nSPS) is 14.0. The Morgan fingerprint density at radius 1 is 1.13 bits per heavy atom. The third-order valence-electron chi connectivity index (χ3n) is 3.80. The Morgan fingerprint density at radius 2 is 1.80 bits per heavy atom. The fourth-order valence-corrected chi connectivity index (χ4v) is 2.27. The number of alkyl halides is 3. The van der Waals surface area contributed by atoms with Gasteiger partial charge in [0.1, 0.15) is 18.2 Å². The molecule has 7 nitrogen and oxygen atoms in total. The van der Waals surface area contributed by atoms with Crippen molar-refractivity contribution in [3.8, 4) is 11.8 Å². The van der Waals surface area contributed by atoms with E-state index in [1.54, 1.807) is 12.2 Å². The Labute approximate surface area is 180 Å². The standard InChI is InChI=1S/C19H29F3N2O5S/c1-3-28-17(27)18(2,23)11-9-7-5-4-6-8-10-14(15(25)29-12-13-30)24-16(26)19(20,21)22/h14,30H,3-6,8,10-13,23H2,1-2H3,(H,24,26)/t14-,18-/m0/s1. The Bertz CT molecular complexity index is 630. The van der Waals surface area contributed by atoms with E-state index >= 15 is 0 Å². The molecule has 0 aromatic rings. The average Bonchev–Trinajstić information content (AvgIpc) is 2.66. The SMILES string of the molecule is CCOC(=O)[C@@](C)(N)CC#CCCCCC[C@H](NC(=O)C(F)(F)F)C(=O)OCCS. The summed E-state index contributed by atoms with van der Waals surface area (Å²) in [6.07, 6.45) is -2.87. The number of unbranched alkanes of at least 4 members (excludes halogenated alkanes) is 3. The molecule has 0 saturated heterocycles. The van der Waals surface area contributed by atoms with Crippen molar-refractivity contribution in [2.75, 3.05) is 19.0 Å². The molecular formula is C19H29F3N2O5S. The lowest BCUT2D eigenvalue weighted by molar-refractivity contribution is -0.176. The molecule has 0 fully saturated rings. The second-order valence-corrected chi connectivity index (χ2v) is 7.13. The quantitative estimate of drug-likeness (QED) is 0.181. The van der Waals surface area contributed by atoms with Crippen molar-refractivity contribution in [3.63, 3.8) is 0 Å². The average molecular weight is 455 g/mol. The minimum Gasteiger partial charge on any atom is -0.465 e. The first-order valence-corrected chi connectivity index (χ1v) is 10.2. The van der Waals surface area contributed by atoms with Crippen LogP contribution in [0.2, 0.25) is 0 Å². The first-order chi connectivity index (χ1) is 14.0. The summed E-state index contributed by atoms with van der Waals surface area (Å²) in [6, 6.07) is -1.38. The van der Waals surface area contributed by atoms with Gasteiger partial charge in [0.2, 0.25) is 0 Å². The van der Waals surface area contributed by atoms with Crippen molar-refractivity contribution in [2.24, 2.45) is 5.73 Å². The Balaban J connectivity index is 4.41. The van der Waals surface area contributed by atoms with Crippen molar-refractivity contribution in [1.29, 1.82) is 0 Å². The number of rotatable bonds is 12. The van der Waals surface area contributed by atoms with Crippen molar-refractivity contribution in [3.05, 3.63) is 0 Å². The number of nitrogens with two attached hydrogens (primary N) is 1. The number of esters is 2. The van der Waals surface area contributed by atoms with E-state index in [9.17, 15) is 27.6 Å². The summed E-state index contributed by atoms with van der Waals surface area (Å²) in [4.78, 5) is 34.6. The summed E-state index contributed by atoms with van der Waals surface area (Å²) in [5.74, 6) is 2.25. The van der Waals surface area contributed by atoms with Gasteiger partial charge < -0.3 is 20.5 Å². The molecule has 2 atom stereocenters. The number of halogens is 3. The second kappa shape index (κ2) is 14.1. The number of hydrogen-bond donors (Lipinski definition) is 3. The maximum atomic E-state index is 12.4. The number of amides is 1. The van der Waals surface area contributed by atoms with Crippen LogP contribution in [-0.4, -0.2) is 54.6 Å². The summed E-state index contributed by atoms with van der Waals surface area (Å²) < 4.78 is 46.9. The highest BCUT2D eigenvalue weighted by atomic mass is 32.1. The smallest absolute Gasteiger partial charge is 0.465 e. The van der Waals surface area contributed by atoms with Crippen LogP contribution in [0, 0.1) is 11.8 Å². The molecular weight excluding hydrogens is 425 g/mol. The lowest BCUT2D eigenvalue weighted by Crippen LogP contribution is -2.47. The van der Waals surface area contributed by atoms with E-state index < -0.39 is 35.6 Å². The van der Waals surface area contributed by atoms with E-state index in [2.05, 4.69) is 24.5 Å².